The van der Waals surface area contributed by atoms with Gasteiger partial charge in [-0.3, -0.25) is 9.20 Å². The third kappa shape index (κ3) is 4.32. The zero-order valence-corrected chi connectivity index (χ0v) is 18.5. The molecule has 0 aliphatic carbocycles. The second-order valence-electron chi connectivity index (χ2n) is 8.71. The highest BCUT2D eigenvalue weighted by Gasteiger charge is 2.34. The number of halogens is 1. The van der Waals surface area contributed by atoms with Gasteiger partial charge in [0.05, 0.1) is 18.4 Å². The molecular formula is C20H28ClN5O3. The maximum atomic E-state index is 13.3. The topological polar surface area (TPSA) is 80.0 Å². The van der Waals surface area contributed by atoms with Gasteiger partial charge in [-0.15, -0.1) is 0 Å². The summed E-state index contributed by atoms with van der Waals surface area (Å²) in [6.07, 6.45) is 3.46. The van der Waals surface area contributed by atoms with Crippen LogP contribution in [-0.4, -0.2) is 67.9 Å². The van der Waals surface area contributed by atoms with E-state index in [9.17, 15) is 9.59 Å². The number of ether oxygens (including phenoxy) is 1. The summed E-state index contributed by atoms with van der Waals surface area (Å²) in [5, 5.41) is 0.306. The standard InChI is InChI=1S/C20H28ClN5O3/c1-12(2)17-23-9-14-16(21)22-10-15(26(14)17)18(27)24(6)13-7-8-25(11-13)19(28)29-20(3,4)5/h9-10,12-13H,7-8,11H2,1-6H3. The molecule has 1 fully saturated rings. The Morgan fingerprint density at radius 3 is 2.59 bits per heavy atom. The molecular weight excluding hydrogens is 394 g/mol. The molecule has 3 rings (SSSR count). The van der Waals surface area contributed by atoms with E-state index in [1.165, 1.54) is 6.20 Å². The summed E-state index contributed by atoms with van der Waals surface area (Å²) >= 11 is 6.21. The average Bonchev–Trinajstić information content (AvgIpc) is 3.27. The summed E-state index contributed by atoms with van der Waals surface area (Å²) in [4.78, 5) is 37.5. The fourth-order valence-electron chi connectivity index (χ4n) is 3.46. The van der Waals surface area contributed by atoms with Gasteiger partial charge in [0.15, 0.2) is 5.15 Å². The normalized spacial score (nSPS) is 17.2. The molecule has 0 aromatic carbocycles. The molecule has 158 valence electrons. The first kappa shape index (κ1) is 21.4. The van der Waals surface area contributed by atoms with E-state index in [1.54, 1.807) is 27.4 Å². The molecule has 3 heterocycles. The summed E-state index contributed by atoms with van der Waals surface area (Å²) in [5.41, 5.74) is 0.465. The number of likely N-dealkylation sites (tertiary alicyclic amines) is 1. The van der Waals surface area contributed by atoms with Crippen molar-refractivity contribution in [2.45, 2.75) is 58.6 Å². The molecule has 2 amide bonds. The average molecular weight is 422 g/mol. The van der Waals surface area contributed by atoms with Crippen LogP contribution < -0.4 is 0 Å². The Bertz CT molecular complexity index is 934. The van der Waals surface area contributed by atoms with Crippen LogP contribution in [0.1, 0.15) is 63.3 Å². The van der Waals surface area contributed by atoms with Crippen LogP contribution in [0.15, 0.2) is 12.4 Å². The lowest BCUT2D eigenvalue weighted by Gasteiger charge is -2.27. The summed E-state index contributed by atoms with van der Waals surface area (Å²) < 4.78 is 7.22. The third-order valence-electron chi connectivity index (χ3n) is 4.96. The van der Waals surface area contributed by atoms with Gasteiger partial charge in [-0.1, -0.05) is 25.4 Å². The molecule has 0 N–H and O–H groups in total. The summed E-state index contributed by atoms with van der Waals surface area (Å²) in [6.45, 7) is 10.5. The van der Waals surface area contributed by atoms with Crippen LogP contribution in [0, 0.1) is 0 Å². The number of hydrogen-bond acceptors (Lipinski definition) is 5. The summed E-state index contributed by atoms with van der Waals surface area (Å²) in [6, 6.07) is -0.105. The van der Waals surface area contributed by atoms with Gasteiger partial charge in [0, 0.05) is 26.1 Å². The highest BCUT2D eigenvalue weighted by molar-refractivity contribution is 6.32. The minimum absolute atomic E-state index is 0.105. The number of carbonyl (C=O) groups excluding carboxylic acids is 2. The molecule has 1 aliphatic rings. The Balaban J connectivity index is 1.82. The Labute approximate surface area is 175 Å². The van der Waals surface area contributed by atoms with Gasteiger partial charge in [-0.2, -0.15) is 0 Å². The van der Waals surface area contributed by atoms with Crippen LogP contribution >= 0.6 is 11.6 Å². The smallest absolute Gasteiger partial charge is 0.410 e. The lowest BCUT2D eigenvalue weighted by molar-refractivity contribution is 0.0279. The Hall–Kier alpha value is -2.35. The first-order valence-corrected chi connectivity index (χ1v) is 10.1. The number of imidazole rings is 1. The van der Waals surface area contributed by atoms with Crippen LogP contribution in [0.25, 0.3) is 5.52 Å². The number of rotatable bonds is 3. The van der Waals surface area contributed by atoms with Gasteiger partial charge in [0.2, 0.25) is 0 Å². The van der Waals surface area contributed by atoms with E-state index < -0.39 is 5.60 Å². The number of nitrogens with zero attached hydrogens (tertiary/aromatic N) is 5. The molecule has 9 heteroatoms. The maximum absolute atomic E-state index is 13.3. The second kappa shape index (κ2) is 7.82. The van der Waals surface area contributed by atoms with E-state index in [0.717, 1.165) is 5.82 Å². The van der Waals surface area contributed by atoms with E-state index in [0.29, 0.717) is 35.9 Å². The first-order valence-electron chi connectivity index (χ1n) is 9.76. The van der Waals surface area contributed by atoms with Gasteiger partial charge >= 0.3 is 6.09 Å². The fourth-order valence-corrected chi connectivity index (χ4v) is 3.64. The van der Waals surface area contributed by atoms with Gasteiger partial charge < -0.3 is 14.5 Å². The minimum Gasteiger partial charge on any atom is -0.444 e. The molecule has 0 saturated carbocycles. The molecule has 1 atom stereocenters. The van der Waals surface area contributed by atoms with E-state index in [1.807, 2.05) is 34.6 Å². The first-order chi connectivity index (χ1) is 13.5. The molecule has 2 aromatic heterocycles. The number of hydrogen-bond donors (Lipinski definition) is 0. The fraction of sp³-hybridized carbons (Fsp3) is 0.600. The highest BCUT2D eigenvalue weighted by Crippen LogP contribution is 2.25. The monoisotopic (exact) mass is 421 g/mol. The Morgan fingerprint density at radius 1 is 1.28 bits per heavy atom. The maximum Gasteiger partial charge on any atom is 0.410 e. The molecule has 29 heavy (non-hydrogen) atoms. The Morgan fingerprint density at radius 2 is 1.97 bits per heavy atom. The molecule has 0 spiro atoms. The molecule has 1 unspecified atom stereocenters. The van der Waals surface area contributed by atoms with Crippen LogP contribution in [0.3, 0.4) is 0 Å². The van der Waals surface area contributed by atoms with E-state index >= 15 is 0 Å². The summed E-state index contributed by atoms with van der Waals surface area (Å²) in [5.74, 6) is 0.680. The number of fused-ring (bicyclic) bond motifs is 1. The minimum atomic E-state index is -0.549. The van der Waals surface area contributed by atoms with Crippen LogP contribution in [0.5, 0.6) is 0 Å². The number of likely N-dealkylation sites (N-methyl/N-ethyl adjacent to an activating group) is 1. The third-order valence-corrected chi connectivity index (χ3v) is 5.25. The number of aromatic nitrogens is 3. The zero-order chi connectivity index (χ0) is 21.5. The second-order valence-corrected chi connectivity index (χ2v) is 9.07. The van der Waals surface area contributed by atoms with Crippen molar-refractivity contribution in [3.05, 3.63) is 29.1 Å². The van der Waals surface area contributed by atoms with E-state index in [4.69, 9.17) is 16.3 Å². The lowest BCUT2D eigenvalue weighted by Crippen LogP contribution is -2.41. The van der Waals surface area contributed by atoms with Gasteiger partial charge in [0.1, 0.15) is 22.6 Å². The Kier molecular flexibility index (Phi) is 5.76. The van der Waals surface area contributed by atoms with Crippen molar-refractivity contribution in [2.24, 2.45) is 0 Å². The van der Waals surface area contributed by atoms with Gasteiger partial charge in [-0.05, 0) is 27.2 Å². The lowest BCUT2D eigenvalue weighted by atomic mass is 10.2. The SMILES string of the molecule is CC(C)c1ncc2c(Cl)ncc(C(=O)N(C)C3CCN(C(=O)OC(C)(C)C)C3)n12. The van der Waals surface area contributed by atoms with Crippen molar-refractivity contribution < 1.29 is 14.3 Å². The zero-order valence-electron chi connectivity index (χ0n) is 17.8. The number of carbonyl (C=O) groups is 2. The van der Waals surface area contributed by atoms with Crippen molar-refractivity contribution in [3.8, 4) is 0 Å². The molecule has 0 radical (unpaired) electrons. The van der Waals surface area contributed by atoms with E-state index in [2.05, 4.69) is 9.97 Å². The molecule has 0 bridgehead atoms. The van der Waals surface area contributed by atoms with Crippen LogP contribution in [-0.2, 0) is 4.74 Å². The highest BCUT2D eigenvalue weighted by atomic mass is 35.5. The largest absolute Gasteiger partial charge is 0.444 e. The van der Waals surface area contributed by atoms with Crippen LogP contribution in [0.2, 0.25) is 5.15 Å². The summed E-state index contributed by atoms with van der Waals surface area (Å²) in [7, 11) is 1.75. The van der Waals surface area contributed by atoms with Gasteiger partial charge in [0.25, 0.3) is 5.91 Å². The van der Waals surface area contributed by atoms with Crippen molar-refractivity contribution in [1.82, 2.24) is 24.2 Å². The van der Waals surface area contributed by atoms with Crippen LogP contribution in [0.4, 0.5) is 4.79 Å². The van der Waals surface area contributed by atoms with Crippen molar-refractivity contribution in [2.75, 3.05) is 20.1 Å². The predicted molar refractivity (Wildman–Crippen MR) is 110 cm³/mol. The van der Waals surface area contributed by atoms with Crippen molar-refractivity contribution in [1.29, 1.82) is 0 Å². The van der Waals surface area contributed by atoms with Gasteiger partial charge in [-0.25, -0.2) is 14.8 Å². The van der Waals surface area contributed by atoms with E-state index in [-0.39, 0.29) is 24.0 Å². The molecule has 1 saturated heterocycles. The predicted octanol–water partition coefficient (Wildman–Crippen LogP) is 3.59. The molecule has 2 aromatic rings. The molecule has 8 nitrogen and oxygen atoms in total. The molecule has 1 aliphatic heterocycles. The van der Waals surface area contributed by atoms with Crippen molar-refractivity contribution in [3.63, 3.8) is 0 Å². The van der Waals surface area contributed by atoms with Crippen molar-refractivity contribution >= 4 is 29.1 Å². The quantitative estimate of drug-likeness (QED) is 0.756. The number of amides is 2.